The molecule has 0 aliphatic carbocycles. The first kappa shape index (κ1) is 13.6. The Kier molecular flexibility index (Phi) is 5.20. The van der Waals surface area contributed by atoms with Crippen LogP contribution in [0.2, 0.25) is 0 Å². The number of likely N-dealkylation sites (tertiary alicyclic amines) is 1. The highest BCUT2D eigenvalue weighted by Crippen LogP contribution is 2.09. The van der Waals surface area contributed by atoms with Gasteiger partial charge in [0.15, 0.2) is 0 Å². The van der Waals surface area contributed by atoms with Crippen molar-refractivity contribution in [1.29, 1.82) is 0 Å². The van der Waals surface area contributed by atoms with Gasteiger partial charge in [-0.2, -0.15) is 0 Å². The van der Waals surface area contributed by atoms with Gasteiger partial charge in [0.05, 0.1) is 0 Å². The third-order valence-electron chi connectivity index (χ3n) is 3.88. The number of likely N-dealkylation sites (N-methyl/N-ethyl adjacent to an activating group) is 1. The maximum atomic E-state index is 12.1. The number of carbonyl (C=O) groups excluding carboxylic acids is 1. The van der Waals surface area contributed by atoms with E-state index in [4.69, 9.17) is 0 Å². The number of hydrogen-bond acceptors (Lipinski definition) is 3. The lowest BCUT2D eigenvalue weighted by Crippen LogP contribution is -2.44. The van der Waals surface area contributed by atoms with Gasteiger partial charge in [-0.3, -0.25) is 10.1 Å². The number of amides is 1. The summed E-state index contributed by atoms with van der Waals surface area (Å²) in [4.78, 5) is 16.4. The Morgan fingerprint density at radius 2 is 2.06 bits per heavy atom. The average molecular weight is 251 g/mol. The quantitative estimate of drug-likeness (QED) is 0.752. The van der Waals surface area contributed by atoms with Crippen LogP contribution < -0.4 is 5.32 Å². The van der Waals surface area contributed by atoms with Crippen LogP contribution in [0, 0.1) is 0 Å². The third kappa shape index (κ3) is 3.82. The molecule has 2 rings (SSSR count). The van der Waals surface area contributed by atoms with Gasteiger partial charge in [-0.05, 0) is 25.9 Å². The molecule has 0 radical (unpaired) electrons. The molecular formula is C14H25N3O. The number of nitrogens with one attached hydrogen (secondary N) is 1. The first-order valence-electron chi connectivity index (χ1n) is 7.15. The van der Waals surface area contributed by atoms with Crippen LogP contribution >= 0.6 is 0 Å². The lowest BCUT2D eigenvalue weighted by atomic mass is 10.2. The van der Waals surface area contributed by atoms with Crippen LogP contribution in [0.25, 0.3) is 0 Å². The van der Waals surface area contributed by atoms with Gasteiger partial charge < -0.3 is 9.80 Å². The van der Waals surface area contributed by atoms with Crippen molar-refractivity contribution in [1.82, 2.24) is 15.1 Å². The minimum atomic E-state index is -0.0980. The highest BCUT2D eigenvalue weighted by Gasteiger charge is 2.21. The van der Waals surface area contributed by atoms with Gasteiger partial charge in [-0.1, -0.05) is 25.0 Å². The van der Waals surface area contributed by atoms with E-state index < -0.39 is 0 Å². The van der Waals surface area contributed by atoms with Gasteiger partial charge in [0, 0.05) is 26.7 Å². The molecule has 0 saturated carbocycles. The summed E-state index contributed by atoms with van der Waals surface area (Å²) in [6.07, 6.45) is 9.33. The summed E-state index contributed by atoms with van der Waals surface area (Å²) in [5.41, 5.74) is 0. The zero-order chi connectivity index (χ0) is 12.8. The van der Waals surface area contributed by atoms with Crippen LogP contribution in [0.1, 0.15) is 25.7 Å². The van der Waals surface area contributed by atoms with Gasteiger partial charge in [0.1, 0.15) is 6.04 Å². The molecular weight excluding hydrogens is 226 g/mol. The Balaban J connectivity index is 1.71. The van der Waals surface area contributed by atoms with Crippen LogP contribution in [0.3, 0.4) is 0 Å². The molecule has 2 heterocycles. The molecule has 18 heavy (non-hydrogen) atoms. The Labute approximate surface area is 110 Å². The molecule has 1 saturated heterocycles. The van der Waals surface area contributed by atoms with E-state index in [0.717, 1.165) is 19.6 Å². The Bertz CT molecular complexity index is 295. The van der Waals surface area contributed by atoms with Crippen molar-refractivity contribution in [2.45, 2.75) is 31.7 Å². The zero-order valence-electron chi connectivity index (χ0n) is 11.4. The summed E-state index contributed by atoms with van der Waals surface area (Å²) >= 11 is 0. The fraction of sp³-hybridized carbons (Fsp3) is 0.786. The summed E-state index contributed by atoms with van der Waals surface area (Å²) in [7, 11) is 1.91. The molecule has 1 N–H and O–H groups in total. The summed E-state index contributed by atoms with van der Waals surface area (Å²) in [5, 5.41) is 3.17. The number of rotatable bonds is 4. The standard InChI is InChI=1S/C14H25N3O/c1-16(14(18)13-7-6-8-15-13)11-12-17-9-4-2-3-5-10-17/h6-7,13,15H,2-5,8-12H2,1H3. The maximum Gasteiger partial charge on any atom is 0.243 e. The summed E-state index contributed by atoms with van der Waals surface area (Å²) in [6.45, 7) is 5.06. The number of carbonyl (C=O) groups is 1. The van der Waals surface area contributed by atoms with E-state index in [1.807, 2.05) is 24.1 Å². The molecule has 2 aliphatic heterocycles. The van der Waals surface area contributed by atoms with Gasteiger partial charge >= 0.3 is 0 Å². The molecule has 0 spiro atoms. The van der Waals surface area contributed by atoms with Crippen LogP contribution in [0.4, 0.5) is 0 Å². The topological polar surface area (TPSA) is 35.6 Å². The fourth-order valence-corrected chi connectivity index (χ4v) is 2.64. The third-order valence-corrected chi connectivity index (χ3v) is 3.88. The van der Waals surface area contributed by atoms with E-state index in [1.54, 1.807) is 0 Å². The van der Waals surface area contributed by atoms with Gasteiger partial charge in [-0.15, -0.1) is 0 Å². The first-order valence-corrected chi connectivity index (χ1v) is 7.15. The second kappa shape index (κ2) is 6.90. The highest BCUT2D eigenvalue weighted by molar-refractivity contribution is 5.84. The first-order chi connectivity index (χ1) is 8.77. The van der Waals surface area contributed by atoms with Crippen LogP contribution in [-0.4, -0.2) is 61.5 Å². The van der Waals surface area contributed by atoms with Gasteiger partial charge in [0.25, 0.3) is 0 Å². The Morgan fingerprint density at radius 3 is 2.67 bits per heavy atom. The second-order valence-corrected chi connectivity index (χ2v) is 5.33. The van der Waals surface area contributed by atoms with E-state index in [1.165, 1.54) is 38.8 Å². The summed E-state index contributed by atoms with van der Waals surface area (Å²) < 4.78 is 0. The van der Waals surface area contributed by atoms with Crippen LogP contribution in [-0.2, 0) is 4.79 Å². The molecule has 0 aromatic carbocycles. The number of nitrogens with zero attached hydrogens (tertiary/aromatic N) is 2. The predicted octanol–water partition coefficient (Wildman–Crippen LogP) is 0.849. The Morgan fingerprint density at radius 1 is 1.33 bits per heavy atom. The lowest BCUT2D eigenvalue weighted by Gasteiger charge is -2.25. The zero-order valence-corrected chi connectivity index (χ0v) is 11.4. The molecule has 2 aliphatic rings. The Hall–Kier alpha value is -0.870. The fourth-order valence-electron chi connectivity index (χ4n) is 2.64. The maximum absolute atomic E-state index is 12.1. The lowest BCUT2D eigenvalue weighted by molar-refractivity contribution is -0.130. The minimum Gasteiger partial charge on any atom is -0.343 e. The van der Waals surface area contributed by atoms with Crippen molar-refractivity contribution < 1.29 is 4.79 Å². The minimum absolute atomic E-state index is 0.0980. The van der Waals surface area contributed by atoms with Crippen molar-refractivity contribution >= 4 is 5.91 Å². The monoisotopic (exact) mass is 251 g/mol. The smallest absolute Gasteiger partial charge is 0.243 e. The highest BCUT2D eigenvalue weighted by atomic mass is 16.2. The molecule has 0 aromatic rings. The molecule has 4 nitrogen and oxygen atoms in total. The summed E-state index contributed by atoms with van der Waals surface area (Å²) in [6, 6.07) is -0.0980. The van der Waals surface area contributed by atoms with E-state index >= 15 is 0 Å². The number of hydrogen-bond donors (Lipinski definition) is 1. The van der Waals surface area contributed by atoms with Crippen molar-refractivity contribution in [2.75, 3.05) is 39.8 Å². The van der Waals surface area contributed by atoms with Crippen LogP contribution in [0.5, 0.6) is 0 Å². The molecule has 1 unspecified atom stereocenters. The predicted molar refractivity (Wildman–Crippen MR) is 73.5 cm³/mol. The van der Waals surface area contributed by atoms with Gasteiger partial charge in [-0.25, -0.2) is 0 Å². The molecule has 1 amide bonds. The van der Waals surface area contributed by atoms with Crippen molar-refractivity contribution in [3.8, 4) is 0 Å². The van der Waals surface area contributed by atoms with Crippen molar-refractivity contribution in [3.05, 3.63) is 12.2 Å². The second-order valence-electron chi connectivity index (χ2n) is 5.33. The molecule has 102 valence electrons. The van der Waals surface area contributed by atoms with Crippen molar-refractivity contribution in [2.24, 2.45) is 0 Å². The molecule has 1 fully saturated rings. The largest absolute Gasteiger partial charge is 0.343 e. The van der Waals surface area contributed by atoms with E-state index in [9.17, 15) is 4.79 Å². The van der Waals surface area contributed by atoms with Gasteiger partial charge in [0.2, 0.25) is 5.91 Å². The van der Waals surface area contributed by atoms with E-state index in [0.29, 0.717) is 0 Å². The normalized spacial score (nSPS) is 25.1. The van der Waals surface area contributed by atoms with E-state index in [2.05, 4.69) is 10.2 Å². The van der Waals surface area contributed by atoms with Crippen molar-refractivity contribution in [3.63, 3.8) is 0 Å². The van der Waals surface area contributed by atoms with E-state index in [-0.39, 0.29) is 11.9 Å². The van der Waals surface area contributed by atoms with Crippen LogP contribution in [0.15, 0.2) is 12.2 Å². The average Bonchev–Trinajstić information content (AvgIpc) is 2.79. The SMILES string of the molecule is CN(CCN1CCCCCC1)C(=O)C1C=CCN1. The molecule has 4 heteroatoms. The molecule has 0 aromatic heterocycles. The summed E-state index contributed by atoms with van der Waals surface area (Å²) in [5.74, 6) is 0.193. The molecule has 1 atom stereocenters. The molecule has 0 bridgehead atoms.